The van der Waals surface area contributed by atoms with Crippen molar-refractivity contribution in [3.8, 4) is 0 Å². The first-order chi connectivity index (χ1) is 12.3. The fourth-order valence-corrected chi connectivity index (χ4v) is 3.63. The highest BCUT2D eigenvalue weighted by Crippen LogP contribution is 2.29. The highest BCUT2D eigenvalue weighted by Gasteiger charge is 2.20. The van der Waals surface area contributed by atoms with Gasteiger partial charge in [-0.05, 0) is 55.6 Å². The number of benzene rings is 1. The van der Waals surface area contributed by atoms with Crippen LogP contribution in [0.25, 0.3) is 10.9 Å². The van der Waals surface area contributed by atoms with Gasteiger partial charge in [-0.15, -0.1) is 0 Å². The summed E-state index contributed by atoms with van der Waals surface area (Å²) in [6.45, 7) is 2.60. The van der Waals surface area contributed by atoms with E-state index in [1.165, 1.54) is 10.9 Å². The van der Waals surface area contributed by atoms with Crippen LogP contribution in [0, 0.1) is 0 Å². The Bertz CT molecular complexity index is 866. The minimum Gasteiger partial charge on any atom is -0.346 e. The molecule has 128 valence electrons. The molecule has 1 fully saturated rings. The van der Waals surface area contributed by atoms with E-state index in [-0.39, 0.29) is 5.91 Å². The summed E-state index contributed by atoms with van der Waals surface area (Å²) in [6.07, 6.45) is 5.49. The summed E-state index contributed by atoms with van der Waals surface area (Å²) in [5.74, 6) is -0.0878. The number of hydrogen-bond donors (Lipinski definition) is 2. The number of hydrogen-bond acceptors (Lipinski definition) is 3. The summed E-state index contributed by atoms with van der Waals surface area (Å²) < 4.78 is 2.42. The second-order valence-electron chi connectivity index (χ2n) is 6.47. The van der Waals surface area contributed by atoms with Gasteiger partial charge in [0.25, 0.3) is 5.91 Å². The number of nitrogens with zero attached hydrogens (tertiary/aromatic N) is 2. The van der Waals surface area contributed by atoms with Gasteiger partial charge in [-0.1, -0.05) is 18.2 Å². The average Bonchev–Trinajstić information content (AvgIpc) is 3.06. The number of carbonyl (C=O) groups excluding carboxylic acids is 1. The maximum atomic E-state index is 12.4. The van der Waals surface area contributed by atoms with Gasteiger partial charge < -0.3 is 15.2 Å². The molecule has 1 aromatic carbocycles. The van der Waals surface area contributed by atoms with Gasteiger partial charge in [0.05, 0.1) is 12.1 Å². The van der Waals surface area contributed by atoms with Crippen LogP contribution in [-0.4, -0.2) is 28.5 Å². The molecule has 1 saturated heterocycles. The number of rotatable bonds is 4. The first kappa shape index (κ1) is 15.8. The van der Waals surface area contributed by atoms with Gasteiger partial charge in [0.2, 0.25) is 0 Å². The monoisotopic (exact) mass is 334 g/mol. The molecule has 3 aromatic rings. The van der Waals surface area contributed by atoms with Crippen molar-refractivity contribution in [3.63, 3.8) is 0 Å². The topological polar surface area (TPSA) is 59.0 Å². The number of aromatic nitrogens is 2. The van der Waals surface area contributed by atoms with Gasteiger partial charge in [-0.3, -0.25) is 9.78 Å². The standard InChI is InChI=1S/C20H22N4O/c25-20(16-5-3-9-22-13-16)23-14-18-12-15-4-1-2-6-19(15)24(18)17-7-10-21-11-8-17/h1-6,9,12-13,17,21H,7-8,10-11,14H2,(H,23,25). The Balaban J connectivity index is 1.61. The van der Waals surface area contributed by atoms with Crippen LogP contribution in [-0.2, 0) is 6.54 Å². The lowest BCUT2D eigenvalue weighted by molar-refractivity contribution is 0.0949. The van der Waals surface area contributed by atoms with Crippen molar-refractivity contribution in [2.75, 3.05) is 13.1 Å². The minimum absolute atomic E-state index is 0.0878. The number of carbonyl (C=O) groups is 1. The maximum absolute atomic E-state index is 12.4. The van der Waals surface area contributed by atoms with Gasteiger partial charge in [-0.25, -0.2) is 0 Å². The molecule has 0 bridgehead atoms. The zero-order chi connectivity index (χ0) is 17.1. The molecule has 2 aromatic heterocycles. The number of piperidine rings is 1. The van der Waals surface area contributed by atoms with Crippen molar-refractivity contribution in [3.05, 3.63) is 66.1 Å². The van der Waals surface area contributed by atoms with E-state index in [0.29, 0.717) is 18.2 Å². The van der Waals surface area contributed by atoms with Crippen LogP contribution in [0.4, 0.5) is 0 Å². The van der Waals surface area contributed by atoms with Crippen LogP contribution in [0.1, 0.15) is 34.9 Å². The molecule has 1 aliphatic heterocycles. The second kappa shape index (κ2) is 7.07. The number of para-hydroxylation sites is 1. The fraction of sp³-hybridized carbons (Fsp3) is 0.300. The first-order valence-corrected chi connectivity index (χ1v) is 8.81. The molecule has 3 heterocycles. The molecule has 0 spiro atoms. The van der Waals surface area contributed by atoms with E-state index in [1.807, 2.05) is 0 Å². The summed E-state index contributed by atoms with van der Waals surface area (Å²) in [5, 5.41) is 7.69. The zero-order valence-corrected chi connectivity index (χ0v) is 14.1. The Morgan fingerprint density at radius 3 is 2.84 bits per heavy atom. The van der Waals surface area contributed by atoms with E-state index >= 15 is 0 Å². The predicted molar refractivity (Wildman–Crippen MR) is 98.5 cm³/mol. The zero-order valence-electron chi connectivity index (χ0n) is 14.1. The van der Waals surface area contributed by atoms with Crippen molar-refractivity contribution < 1.29 is 4.79 Å². The maximum Gasteiger partial charge on any atom is 0.253 e. The van der Waals surface area contributed by atoms with Crippen LogP contribution in [0.2, 0.25) is 0 Å². The Morgan fingerprint density at radius 1 is 1.20 bits per heavy atom. The molecule has 0 aliphatic carbocycles. The number of fused-ring (bicyclic) bond motifs is 1. The number of nitrogens with one attached hydrogen (secondary N) is 2. The lowest BCUT2D eigenvalue weighted by Crippen LogP contribution is -2.31. The molecular weight excluding hydrogens is 312 g/mol. The molecule has 2 N–H and O–H groups in total. The molecule has 1 aliphatic rings. The Morgan fingerprint density at radius 2 is 2.04 bits per heavy atom. The predicted octanol–water partition coefficient (Wildman–Crippen LogP) is 2.89. The normalized spacial score (nSPS) is 15.4. The van der Waals surface area contributed by atoms with Gasteiger partial charge in [0.15, 0.2) is 0 Å². The van der Waals surface area contributed by atoms with Crippen molar-refractivity contribution >= 4 is 16.8 Å². The highest BCUT2D eigenvalue weighted by atomic mass is 16.1. The molecule has 0 atom stereocenters. The van der Waals surface area contributed by atoms with E-state index in [9.17, 15) is 4.79 Å². The van der Waals surface area contributed by atoms with Crippen LogP contribution >= 0.6 is 0 Å². The molecular formula is C20H22N4O. The molecule has 0 saturated carbocycles. The van der Waals surface area contributed by atoms with E-state index in [1.54, 1.807) is 24.5 Å². The summed E-state index contributed by atoms with van der Waals surface area (Å²) in [5.41, 5.74) is 3.00. The molecule has 5 nitrogen and oxygen atoms in total. The Labute approximate surface area is 147 Å². The lowest BCUT2D eigenvalue weighted by Gasteiger charge is -2.27. The third-order valence-electron chi connectivity index (χ3n) is 4.86. The van der Waals surface area contributed by atoms with E-state index in [4.69, 9.17) is 0 Å². The van der Waals surface area contributed by atoms with Crippen LogP contribution < -0.4 is 10.6 Å². The fourth-order valence-electron chi connectivity index (χ4n) is 3.63. The number of pyridine rings is 1. The van der Waals surface area contributed by atoms with E-state index < -0.39 is 0 Å². The lowest BCUT2D eigenvalue weighted by atomic mass is 10.1. The molecule has 1 amide bonds. The molecule has 0 radical (unpaired) electrons. The van der Waals surface area contributed by atoms with Crippen LogP contribution in [0.3, 0.4) is 0 Å². The molecule has 0 unspecified atom stereocenters. The Hall–Kier alpha value is -2.66. The van der Waals surface area contributed by atoms with Crippen LogP contribution in [0.15, 0.2) is 54.9 Å². The van der Waals surface area contributed by atoms with Gasteiger partial charge >= 0.3 is 0 Å². The summed E-state index contributed by atoms with van der Waals surface area (Å²) >= 11 is 0. The van der Waals surface area contributed by atoms with Gasteiger partial charge in [0.1, 0.15) is 0 Å². The van der Waals surface area contributed by atoms with E-state index in [0.717, 1.165) is 31.6 Å². The molecule has 5 heteroatoms. The van der Waals surface area contributed by atoms with Crippen LogP contribution in [0.5, 0.6) is 0 Å². The van der Waals surface area contributed by atoms with Gasteiger partial charge in [-0.2, -0.15) is 0 Å². The molecule has 4 rings (SSSR count). The third kappa shape index (κ3) is 3.28. The summed E-state index contributed by atoms with van der Waals surface area (Å²) in [6, 6.07) is 14.7. The van der Waals surface area contributed by atoms with E-state index in [2.05, 4.69) is 50.5 Å². The number of amides is 1. The van der Waals surface area contributed by atoms with Crippen molar-refractivity contribution in [2.24, 2.45) is 0 Å². The Kier molecular flexibility index (Phi) is 4.48. The quantitative estimate of drug-likeness (QED) is 0.771. The van der Waals surface area contributed by atoms with Gasteiger partial charge in [0, 0.05) is 29.6 Å². The SMILES string of the molecule is O=C(NCc1cc2ccccc2n1C1CCNCC1)c1cccnc1. The minimum atomic E-state index is -0.0878. The highest BCUT2D eigenvalue weighted by molar-refractivity contribution is 5.93. The molecule has 25 heavy (non-hydrogen) atoms. The smallest absolute Gasteiger partial charge is 0.253 e. The van der Waals surface area contributed by atoms with Crippen molar-refractivity contribution in [1.29, 1.82) is 0 Å². The average molecular weight is 334 g/mol. The first-order valence-electron chi connectivity index (χ1n) is 8.81. The summed E-state index contributed by atoms with van der Waals surface area (Å²) in [4.78, 5) is 16.4. The largest absolute Gasteiger partial charge is 0.346 e. The third-order valence-corrected chi connectivity index (χ3v) is 4.86. The second-order valence-corrected chi connectivity index (χ2v) is 6.47. The van der Waals surface area contributed by atoms with Crippen molar-refractivity contribution in [1.82, 2.24) is 20.2 Å². The summed E-state index contributed by atoms with van der Waals surface area (Å²) in [7, 11) is 0. The van der Waals surface area contributed by atoms with Crippen molar-refractivity contribution in [2.45, 2.75) is 25.4 Å².